The summed E-state index contributed by atoms with van der Waals surface area (Å²) in [5.74, 6) is -5.15. The Hall–Kier alpha value is -0.695. The maximum atomic E-state index is 12.2. The van der Waals surface area contributed by atoms with Gasteiger partial charge < -0.3 is 27.7 Å². The second-order valence-electron chi connectivity index (χ2n) is 4.41. The van der Waals surface area contributed by atoms with Gasteiger partial charge in [0.25, 0.3) is 0 Å². The SMILES string of the molecule is COC(=O)C(OB1OC(=O)C(P(C)(=O)OC)O1)P(C)(=O)OC. The van der Waals surface area contributed by atoms with Gasteiger partial charge in [0.2, 0.25) is 26.4 Å². The molecule has 4 atom stereocenters. The van der Waals surface area contributed by atoms with Crippen LogP contribution in [-0.4, -0.2) is 65.6 Å². The van der Waals surface area contributed by atoms with E-state index in [4.69, 9.17) is 23.0 Å². The Bertz CT molecular complexity index is 536. The Balaban J connectivity index is 2.89. The fraction of sp³-hybridized carbons (Fsp3) is 0.778. The smallest absolute Gasteiger partial charge is 0.482 e. The Kier molecular flexibility index (Phi) is 6.38. The van der Waals surface area contributed by atoms with Crippen LogP contribution in [0.3, 0.4) is 0 Å². The first-order valence-corrected chi connectivity index (χ1v) is 10.2. The summed E-state index contributed by atoms with van der Waals surface area (Å²) < 4.78 is 52.8. The van der Waals surface area contributed by atoms with Gasteiger partial charge in [-0.05, 0) is 0 Å². The lowest BCUT2D eigenvalue weighted by Gasteiger charge is -2.21. The molecule has 1 saturated heterocycles. The average Bonchev–Trinajstić information content (AvgIpc) is 2.85. The van der Waals surface area contributed by atoms with E-state index >= 15 is 0 Å². The Morgan fingerprint density at radius 3 is 2.27 bits per heavy atom. The molecule has 4 unspecified atom stereocenters. The summed E-state index contributed by atoms with van der Waals surface area (Å²) in [7, 11) is -5.35. The van der Waals surface area contributed by atoms with E-state index < -0.39 is 45.7 Å². The van der Waals surface area contributed by atoms with Crippen LogP contribution < -0.4 is 0 Å². The van der Waals surface area contributed by atoms with Crippen LogP contribution in [0, 0.1) is 0 Å². The molecule has 0 saturated carbocycles. The zero-order valence-electron chi connectivity index (χ0n) is 12.7. The maximum Gasteiger partial charge on any atom is 0.717 e. The largest absolute Gasteiger partial charge is 0.717 e. The molecule has 0 aromatic rings. The third-order valence-corrected chi connectivity index (χ3v) is 6.69. The van der Waals surface area contributed by atoms with Gasteiger partial charge in [-0.25, -0.2) is 4.79 Å². The molecule has 0 bridgehead atoms. The highest BCUT2D eigenvalue weighted by Gasteiger charge is 2.54. The van der Waals surface area contributed by atoms with Gasteiger partial charge in [-0.3, -0.25) is 13.9 Å². The monoisotopic (exact) mass is 358 g/mol. The standard InChI is InChI=1S/C9H17BO10P2/c1-15-6(11)8(21(4,13)16-2)19-10-18-7(12)9(20-10)22(5,14)17-3/h8-9H,1-5H3. The average molecular weight is 358 g/mol. The third-order valence-electron chi connectivity index (χ3n) is 2.87. The molecule has 0 radical (unpaired) electrons. The van der Waals surface area contributed by atoms with E-state index in [1.54, 1.807) is 0 Å². The van der Waals surface area contributed by atoms with Crippen LogP contribution in [0.1, 0.15) is 0 Å². The van der Waals surface area contributed by atoms with E-state index in [2.05, 4.69) is 4.74 Å². The van der Waals surface area contributed by atoms with Crippen molar-refractivity contribution in [2.75, 3.05) is 34.7 Å². The number of hydrogen-bond acceptors (Lipinski definition) is 10. The molecule has 126 valence electrons. The molecule has 0 aliphatic carbocycles. The first kappa shape index (κ1) is 19.4. The topological polar surface area (TPSA) is 124 Å². The van der Waals surface area contributed by atoms with Crippen LogP contribution in [0.5, 0.6) is 0 Å². The van der Waals surface area contributed by atoms with Crippen LogP contribution in [0.2, 0.25) is 0 Å². The van der Waals surface area contributed by atoms with Gasteiger partial charge in [-0.1, -0.05) is 0 Å². The molecule has 1 aliphatic heterocycles. The molecule has 1 rings (SSSR count). The molecule has 0 aromatic heterocycles. The van der Waals surface area contributed by atoms with Gasteiger partial charge in [0.1, 0.15) is 0 Å². The van der Waals surface area contributed by atoms with E-state index in [-0.39, 0.29) is 0 Å². The lowest BCUT2D eigenvalue weighted by Crippen LogP contribution is -2.34. The Morgan fingerprint density at radius 1 is 1.23 bits per heavy atom. The van der Waals surface area contributed by atoms with Crippen molar-refractivity contribution in [2.24, 2.45) is 0 Å². The highest BCUT2D eigenvalue weighted by molar-refractivity contribution is 7.60. The molecule has 13 heteroatoms. The van der Waals surface area contributed by atoms with Gasteiger partial charge in [0, 0.05) is 27.5 Å². The zero-order chi connectivity index (χ0) is 17.1. The summed E-state index contributed by atoms with van der Waals surface area (Å²) in [5.41, 5.74) is 0. The quantitative estimate of drug-likeness (QED) is 0.361. The highest BCUT2D eigenvalue weighted by atomic mass is 31.2. The van der Waals surface area contributed by atoms with Crippen LogP contribution in [0.15, 0.2) is 0 Å². The minimum Gasteiger partial charge on any atom is -0.482 e. The van der Waals surface area contributed by atoms with E-state index in [0.29, 0.717) is 0 Å². The van der Waals surface area contributed by atoms with Crippen molar-refractivity contribution < 1.29 is 46.5 Å². The van der Waals surface area contributed by atoms with Crippen molar-refractivity contribution in [3.63, 3.8) is 0 Å². The van der Waals surface area contributed by atoms with Crippen LogP contribution in [-0.2, 0) is 46.5 Å². The van der Waals surface area contributed by atoms with Crippen LogP contribution >= 0.6 is 14.7 Å². The predicted octanol–water partition coefficient (Wildman–Crippen LogP) is 0.495. The molecule has 1 aliphatic rings. The summed E-state index contributed by atoms with van der Waals surface area (Å²) in [5, 5.41) is 0. The minimum absolute atomic E-state index is 0.982. The molecule has 10 nitrogen and oxygen atoms in total. The normalized spacial score (nSPS) is 25.0. The fourth-order valence-corrected chi connectivity index (χ4v) is 3.41. The van der Waals surface area contributed by atoms with Crippen molar-refractivity contribution >= 4 is 34.0 Å². The van der Waals surface area contributed by atoms with Crippen molar-refractivity contribution in [1.82, 2.24) is 0 Å². The van der Waals surface area contributed by atoms with Gasteiger partial charge in [-0.15, -0.1) is 0 Å². The zero-order valence-corrected chi connectivity index (χ0v) is 14.5. The first-order valence-electron chi connectivity index (χ1n) is 5.94. The molecule has 0 amide bonds. The van der Waals surface area contributed by atoms with Crippen molar-refractivity contribution in [3.8, 4) is 0 Å². The molecular weight excluding hydrogens is 341 g/mol. The highest BCUT2D eigenvalue weighted by Crippen LogP contribution is 2.52. The Morgan fingerprint density at radius 2 is 1.82 bits per heavy atom. The van der Waals surface area contributed by atoms with E-state index in [1.807, 2.05) is 0 Å². The van der Waals surface area contributed by atoms with Gasteiger partial charge >= 0.3 is 19.3 Å². The molecule has 0 spiro atoms. The maximum absolute atomic E-state index is 12.2. The van der Waals surface area contributed by atoms with Gasteiger partial charge in [0.15, 0.2) is 0 Å². The Labute approximate surface area is 127 Å². The van der Waals surface area contributed by atoms with E-state index in [9.17, 15) is 18.7 Å². The first-order chi connectivity index (χ1) is 10.1. The lowest BCUT2D eigenvalue weighted by atomic mass is 10.2. The summed E-state index contributed by atoms with van der Waals surface area (Å²) in [4.78, 5) is 23.3. The van der Waals surface area contributed by atoms with E-state index in [1.165, 1.54) is 6.66 Å². The molecular formula is C9H17BO10P2. The number of ether oxygens (including phenoxy) is 1. The number of rotatable bonds is 7. The molecule has 1 fully saturated rings. The summed E-state index contributed by atoms with van der Waals surface area (Å²) in [6, 6.07) is 0. The lowest BCUT2D eigenvalue weighted by molar-refractivity contribution is -0.147. The van der Waals surface area contributed by atoms with Crippen LogP contribution in [0.4, 0.5) is 0 Å². The van der Waals surface area contributed by atoms with Gasteiger partial charge in [-0.2, -0.15) is 0 Å². The summed E-state index contributed by atoms with van der Waals surface area (Å²) in [6.45, 7) is 2.32. The number of esters is 1. The molecule has 0 aromatic carbocycles. The van der Waals surface area contributed by atoms with E-state index in [0.717, 1.165) is 28.0 Å². The number of methoxy groups -OCH3 is 1. The number of carbonyl (C=O) groups excluding carboxylic acids is 2. The van der Waals surface area contributed by atoms with Crippen molar-refractivity contribution in [3.05, 3.63) is 0 Å². The molecule has 22 heavy (non-hydrogen) atoms. The summed E-state index contributed by atoms with van der Waals surface area (Å²) in [6.07, 6.45) is 0. The minimum atomic E-state index is -3.56. The van der Waals surface area contributed by atoms with Crippen molar-refractivity contribution in [2.45, 2.75) is 11.7 Å². The third kappa shape index (κ3) is 4.19. The summed E-state index contributed by atoms with van der Waals surface area (Å²) >= 11 is 0. The second-order valence-corrected chi connectivity index (χ2v) is 9.71. The fourth-order valence-electron chi connectivity index (χ4n) is 1.46. The van der Waals surface area contributed by atoms with Gasteiger partial charge in [0.05, 0.1) is 7.11 Å². The molecule has 1 heterocycles. The number of carbonyl (C=O) groups is 2. The predicted molar refractivity (Wildman–Crippen MR) is 74.7 cm³/mol. The number of hydrogen-bond donors (Lipinski definition) is 0. The van der Waals surface area contributed by atoms with Crippen molar-refractivity contribution in [1.29, 1.82) is 0 Å². The van der Waals surface area contributed by atoms with Crippen LogP contribution in [0.25, 0.3) is 0 Å². The molecule has 0 N–H and O–H groups in total. The second kappa shape index (κ2) is 7.25.